The van der Waals surface area contributed by atoms with Gasteiger partial charge in [-0.25, -0.2) is 0 Å². The molecular weight excluding hydrogens is 410 g/mol. The molecule has 0 spiro atoms. The SMILES string of the molecule is CCCCc1ccc(N2CC(C(=O)NNC(=O)CNC(=O)c3cccnc3)CC2=O)cc1. The fraction of sp³-hybridized carbons (Fsp3) is 0.348. The summed E-state index contributed by atoms with van der Waals surface area (Å²) >= 11 is 0. The van der Waals surface area contributed by atoms with Gasteiger partial charge in [0.1, 0.15) is 0 Å². The van der Waals surface area contributed by atoms with E-state index in [0.717, 1.165) is 24.9 Å². The fourth-order valence-electron chi connectivity index (χ4n) is 3.39. The molecule has 1 atom stereocenters. The molecule has 2 aromatic rings. The van der Waals surface area contributed by atoms with E-state index in [2.05, 4.69) is 28.1 Å². The van der Waals surface area contributed by atoms with Crippen molar-refractivity contribution in [1.29, 1.82) is 0 Å². The molecule has 0 radical (unpaired) electrons. The highest BCUT2D eigenvalue weighted by Crippen LogP contribution is 2.25. The van der Waals surface area contributed by atoms with E-state index in [1.807, 2.05) is 24.3 Å². The highest BCUT2D eigenvalue weighted by molar-refractivity contribution is 6.00. The minimum Gasteiger partial charge on any atom is -0.343 e. The smallest absolute Gasteiger partial charge is 0.257 e. The van der Waals surface area contributed by atoms with Gasteiger partial charge in [-0.15, -0.1) is 0 Å². The Labute approximate surface area is 186 Å². The number of hydrogen-bond acceptors (Lipinski definition) is 5. The Morgan fingerprint density at radius 2 is 1.91 bits per heavy atom. The van der Waals surface area contributed by atoms with Gasteiger partial charge in [0.25, 0.3) is 11.8 Å². The second kappa shape index (κ2) is 11.0. The number of aromatic nitrogens is 1. The van der Waals surface area contributed by atoms with E-state index in [1.54, 1.807) is 17.0 Å². The maximum atomic E-state index is 12.4. The summed E-state index contributed by atoms with van der Waals surface area (Å²) in [4.78, 5) is 54.1. The highest BCUT2D eigenvalue weighted by atomic mass is 16.2. The maximum Gasteiger partial charge on any atom is 0.257 e. The lowest BCUT2D eigenvalue weighted by Gasteiger charge is -2.17. The van der Waals surface area contributed by atoms with Crippen LogP contribution in [0.3, 0.4) is 0 Å². The average Bonchev–Trinajstić information content (AvgIpc) is 3.22. The molecular formula is C23H27N5O4. The van der Waals surface area contributed by atoms with Crippen molar-refractivity contribution in [2.45, 2.75) is 32.6 Å². The second-order valence-corrected chi connectivity index (χ2v) is 7.64. The van der Waals surface area contributed by atoms with Crippen molar-refractivity contribution < 1.29 is 19.2 Å². The zero-order valence-corrected chi connectivity index (χ0v) is 18.0. The van der Waals surface area contributed by atoms with E-state index in [0.29, 0.717) is 5.56 Å². The van der Waals surface area contributed by atoms with Crippen LogP contribution in [0.2, 0.25) is 0 Å². The van der Waals surface area contributed by atoms with Gasteiger partial charge in [-0.05, 0) is 42.7 Å². The van der Waals surface area contributed by atoms with Crippen molar-refractivity contribution in [2.24, 2.45) is 5.92 Å². The quantitative estimate of drug-likeness (QED) is 0.539. The third-order valence-corrected chi connectivity index (χ3v) is 5.22. The summed E-state index contributed by atoms with van der Waals surface area (Å²) in [5.41, 5.74) is 6.90. The van der Waals surface area contributed by atoms with E-state index in [-0.39, 0.29) is 25.4 Å². The average molecular weight is 438 g/mol. The molecule has 0 saturated carbocycles. The Hall–Kier alpha value is -3.75. The van der Waals surface area contributed by atoms with Crippen molar-refractivity contribution in [2.75, 3.05) is 18.0 Å². The van der Waals surface area contributed by atoms with Crippen LogP contribution in [-0.4, -0.2) is 41.7 Å². The summed E-state index contributed by atoms with van der Waals surface area (Å²) in [6.07, 6.45) is 6.22. The molecule has 9 heteroatoms. The van der Waals surface area contributed by atoms with Crippen molar-refractivity contribution >= 4 is 29.3 Å². The van der Waals surface area contributed by atoms with Crippen LogP contribution in [0.5, 0.6) is 0 Å². The van der Waals surface area contributed by atoms with Crippen molar-refractivity contribution in [3.05, 3.63) is 59.9 Å². The zero-order valence-electron chi connectivity index (χ0n) is 18.0. The number of nitrogens with zero attached hydrogens (tertiary/aromatic N) is 2. The third-order valence-electron chi connectivity index (χ3n) is 5.22. The number of nitrogens with one attached hydrogen (secondary N) is 3. The van der Waals surface area contributed by atoms with Gasteiger partial charge in [0, 0.05) is 31.0 Å². The normalized spacial score (nSPS) is 15.3. The molecule has 1 aromatic heterocycles. The standard InChI is InChI=1S/C23H27N5O4/c1-2-3-5-16-7-9-19(10-8-16)28-15-18(12-21(28)30)23(32)27-26-20(29)14-25-22(31)17-6-4-11-24-13-17/h4,6-11,13,18H,2-3,5,12,14-15H2,1H3,(H,25,31)(H,26,29)(H,27,32). The summed E-state index contributed by atoms with van der Waals surface area (Å²) in [6, 6.07) is 11.0. The predicted octanol–water partition coefficient (Wildman–Crippen LogP) is 1.35. The van der Waals surface area contributed by atoms with E-state index in [1.165, 1.54) is 18.0 Å². The minimum atomic E-state index is -0.584. The number of amides is 4. The first-order valence-electron chi connectivity index (χ1n) is 10.6. The van der Waals surface area contributed by atoms with Gasteiger partial charge < -0.3 is 10.2 Å². The molecule has 2 heterocycles. The maximum absolute atomic E-state index is 12.4. The summed E-state index contributed by atoms with van der Waals surface area (Å²) in [6.45, 7) is 2.07. The van der Waals surface area contributed by atoms with Gasteiger partial charge in [-0.1, -0.05) is 25.5 Å². The van der Waals surface area contributed by atoms with Crippen LogP contribution in [0, 0.1) is 5.92 Å². The van der Waals surface area contributed by atoms with Gasteiger partial charge in [0.2, 0.25) is 11.8 Å². The molecule has 1 fully saturated rings. The Kier molecular flexibility index (Phi) is 7.91. The molecule has 0 bridgehead atoms. The Balaban J connectivity index is 1.44. The largest absolute Gasteiger partial charge is 0.343 e. The number of anilines is 1. The topological polar surface area (TPSA) is 120 Å². The van der Waals surface area contributed by atoms with Crippen LogP contribution in [-0.2, 0) is 20.8 Å². The van der Waals surface area contributed by atoms with Crippen LogP contribution in [0.15, 0.2) is 48.8 Å². The lowest BCUT2D eigenvalue weighted by molar-refractivity contribution is -0.131. The first-order chi connectivity index (χ1) is 15.5. The Morgan fingerprint density at radius 3 is 2.59 bits per heavy atom. The van der Waals surface area contributed by atoms with Crippen LogP contribution < -0.4 is 21.1 Å². The minimum absolute atomic E-state index is 0.0665. The molecule has 1 unspecified atom stereocenters. The molecule has 9 nitrogen and oxygen atoms in total. The molecule has 168 valence electrons. The molecule has 3 N–H and O–H groups in total. The first-order valence-corrected chi connectivity index (χ1v) is 10.6. The van der Waals surface area contributed by atoms with E-state index >= 15 is 0 Å². The monoisotopic (exact) mass is 437 g/mol. The zero-order chi connectivity index (χ0) is 22.9. The molecule has 3 rings (SSSR count). The number of hydrogen-bond donors (Lipinski definition) is 3. The molecule has 1 saturated heterocycles. The van der Waals surface area contributed by atoms with Crippen LogP contribution >= 0.6 is 0 Å². The van der Waals surface area contributed by atoms with Crippen LogP contribution in [0.4, 0.5) is 5.69 Å². The first kappa shape index (κ1) is 22.9. The van der Waals surface area contributed by atoms with Crippen molar-refractivity contribution in [3.63, 3.8) is 0 Å². The predicted molar refractivity (Wildman–Crippen MR) is 118 cm³/mol. The Bertz CT molecular complexity index is 962. The number of carbonyl (C=O) groups is 4. The van der Waals surface area contributed by atoms with Crippen molar-refractivity contribution in [3.8, 4) is 0 Å². The number of carbonyl (C=O) groups excluding carboxylic acids is 4. The molecule has 4 amide bonds. The number of aryl methyl sites for hydroxylation is 1. The molecule has 1 aromatic carbocycles. The van der Waals surface area contributed by atoms with Gasteiger partial charge in [-0.3, -0.25) is 35.0 Å². The van der Waals surface area contributed by atoms with Crippen LogP contribution in [0.25, 0.3) is 0 Å². The molecule has 1 aliphatic heterocycles. The summed E-state index contributed by atoms with van der Waals surface area (Å²) in [5, 5.41) is 2.44. The second-order valence-electron chi connectivity index (χ2n) is 7.64. The summed E-state index contributed by atoms with van der Waals surface area (Å²) < 4.78 is 0. The summed E-state index contributed by atoms with van der Waals surface area (Å²) in [7, 11) is 0. The van der Waals surface area contributed by atoms with E-state index in [9.17, 15) is 19.2 Å². The lowest BCUT2D eigenvalue weighted by Crippen LogP contribution is -2.48. The molecule has 32 heavy (non-hydrogen) atoms. The number of hydrazine groups is 1. The lowest BCUT2D eigenvalue weighted by atomic mass is 10.1. The highest BCUT2D eigenvalue weighted by Gasteiger charge is 2.35. The number of pyridine rings is 1. The van der Waals surface area contributed by atoms with Gasteiger partial charge in [-0.2, -0.15) is 0 Å². The Morgan fingerprint density at radius 1 is 1.12 bits per heavy atom. The van der Waals surface area contributed by atoms with Crippen molar-refractivity contribution in [1.82, 2.24) is 21.2 Å². The van der Waals surface area contributed by atoms with Crippen LogP contribution in [0.1, 0.15) is 42.1 Å². The summed E-state index contributed by atoms with van der Waals surface area (Å²) in [5.74, 6) is -2.20. The fourth-order valence-corrected chi connectivity index (χ4v) is 3.39. The van der Waals surface area contributed by atoms with Gasteiger partial charge in [0.15, 0.2) is 0 Å². The van der Waals surface area contributed by atoms with E-state index in [4.69, 9.17) is 0 Å². The van der Waals surface area contributed by atoms with E-state index < -0.39 is 23.6 Å². The third kappa shape index (κ3) is 6.13. The van der Waals surface area contributed by atoms with Gasteiger partial charge in [0.05, 0.1) is 18.0 Å². The molecule has 1 aliphatic rings. The van der Waals surface area contributed by atoms with Gasteiger partial charge >= 0.3 is 0 Å². The number of benzene rings is 1. The molecule has 0 aliphatic carbocycles. The number of rotatable bonds is 8. The number of unbranched alkanes of at least 4 members (excludes halogenated alkanes) is 1.